The summed E-state index contributed by atoms with van der Waals surface area (Å²) >= 11 is 1.34. The number of rotatable bonds is 39. The van der Waals surface area contributed by atoms with Gasteiger partial charge in [0, 0.05) is 59.2 Å². The Hall–Kier alpha value is -6.88. The highest BCUT2D eigenvalue weighted by molar-refractivity contribution is 7.98. The molecule has 3 aliphatic rings. The molecule has 1 saturated heterocycles. The number of phenols is 1. The molecule has 36 nitrogen and oxygen atoms in total. The number of amides is 9. The maximum Gasteiger partial charge on any atom is 0.246 e. The Morgan fingerprint density at radius 2 is 1.26 bits per heavy atom. The summed E-state index contributed by atoms with van der Waals surface area (Å²) < 4.78 is 64.8. The number of azide groups is 1. The maximum atomic E-state index is 15.2. The van der Waals surface area contributed by atoms with Gasteiger partial charge in [-0.3, -0.25) is 47.4 Å². The van der Waals surface area contributed by atoms with Gasteiger partial charge in [0.25, 0.3) is 0 Å². The van der Waals surface area contributed by atoms with E-state index in [2.05, 4.69) is 52.2 Å². The van der Waals surface area contributed by atoms with E-state index in [9.17, 15) is 63.6 Å². The van der Waals surface area contributed by atoms with Crippen molar-refractivity contribution in [2.24, 2.45) is 22.7 Å². The molecule has 5 rings (SSSR count). The van der Waals surface area contributed by atoms with E-state index in [0.29, 0.717) is 111 Å². The summed E-state index contributed by atoms with van der Waals surface area (Å²) in [6.45, 7) is 8.43. The van der Waals surface area contributed by atoms with Crippen molar-refractivity contribution in [2.75, 3.05) is 163 Å². The summed E-state index contributed by atoms with van der Waals surface area (Å²) in [6, 6.07) is -7.47. The fourth-order valence-electron chi connectivity index (χ4n) is 10.3. The largest absolute Gasteiger partial charge is 0.508 e. The Morgan fingerprint density at radius 3 is 1.80 bits per heavy atom. The summed E-state index contributed by atoms with van der Waals surface area (Å²) in [5.74, 6) is -11.9. The van der Waals surface area contributed by atoms with Crippen LogP contribution in [0.15, 0.2) is 22.3 Å². The second-order valence-electron chi connectivity index (χ2n) is 22.9. The van der Waals surface area contributed by atoms with Crippen molar-refractivity contribution in [3.8, 4) is 5.75 Å². The lowest BCUT2D eigenvalue weighted by Crippen LogP contribution is -2.62. The number of aliphatic hydroxyl groups is 3. The average molecular weight is 1430 g/mol. The van der Waals surface area contributed by atoms with Gasteiger partial charge in [-0.1, -0.05) is 32.3 Å². The number of hydrogen-bond acceptors (Lipinski definition) is 25. The van der Waals surface area contributed by atoms with Crippen LogP contribution in [0, 0.1) is 11.8 Å². The van der Waals surface area contributed by atoms with Gasteiger partial charge in [-0.25, -0.2) is 0 Å². The molecule has 11 atom stereocenters. The third-order valence-corrected chi connectivity index (χ3v) is 18.2. The standard InChI is InChI=1S/C60H95N13O23S2/c1-4-36(2)51-57(84)64-30-49(79)66-44-35-98(87)59-40(28-42(54(81)63-31-50(80)69-51)67-58(85)52(37(3)47(77)33-74)70-56(83)45-27-38(75)32-73(45)60(86)43(29-48(61)78)68-55(44)82)39-5-6-46(76)41(53(39)71-59)34-97-26-25-96-24-23-95-22-21-94-20-19-93-18-17-92-16-15-91-14-13-90-12-11-89-10-9-88-8-7-65-72-62/h5-6,36-38,42-45,47,51-52,71,74-77H,4,7-35H2,1-3H3,(H2,61,78)(H,63,81)(H,64,84)(H,66,79)(H,67,85)(H,68,82)(H,69,80)(H,70,83)/t36-,37-,38+,42-,43-,44-,45-,47-,51-,52-,98?/m0/s1. The Labute approximate surface area is 573 Å². The molecule has 4 heterocycles. The van der Waals surface area contributed by atoms with E-state index in [1.807, 2.05) is 0 Å². The number of carbonyl (C=O) groups is 9. The minimum absolute atomic E-state index is 0.0504. The van der Waals surface area contributed by atoms with Crippen LogP contribution in [-0.4, -0.2) is 299 Å². The van der Waals surface area contributed by atoms with E-state index in [4.69, 9.17) is 53.9 Å². The van der Waals surface area contributed by atoms with Crippen LogP contribution in [-0.2, 0) is 109 Å². The molecular weight excluding hydrogens is 1330 g/mol. The molecule has 2 aromatic rings. The SMILES string of the molecule is CC[C@H](C)[C@@H]1NC(=O)CNC(=O)[C@@H]2Cc3c([nH]c4c(CSCCOCCOCCOCCOCCOCCOCCOCCOCCOCCN=[N+]=[N-])c(O)ccc34)S(=O)C[C@H](NC(=O)CNC1=O)C(=O)N[C@@H](CC(N)=O)C(=O)N1C[C@H](O)C[C@H]1C(=O)N[C@@H]([C@@H](C)[C@@H](O)CO)C(=O)N2. The van der Waals surface area contributed by atoms with Crippen LogP contribution in [0.2, 0.25) is 0 Å². The molecule has 38 heteroatoms. The number of aromatic hydroxyl groups is 1. The van der Waals surface area contributed by atoms with Crippen LogP contribution in [0.3, 0.4) is 0 Å². The zero-order chi connectivity index (χ0) is 71.4. The molecule has 1 unspecified atom stereocenters. The molecule has 14 N–H and O–H groups in total. The van der Waals surface area contributed by atoms with Crippen LogP contribution in [0.4, 0.5) is 0 Å². The normalized spacial score (nSPS) is 22.7. The number of fused-ring (bicyclic) bond motifs is 5. The van der Waals surface area contributed by atoms with E-state index in [1.54, 1.807) is 13.8 Å². The number of carbonyl (C=O) groups excluding carboxylic acids is 9. The first kappa shape index (κ1) is 81.8. The molecule has 1 aromatic carbocycles. The first-order valence-electron chi connectivity index (χ1n) is 32.3. The molecule has 3 aliphatic heterocycles. The highest BCUT2D eigenvalue weighted by Gasteiger charge is 2.45. The summed E-state index contributed by atoms with van der Waals surface area (Å²) in [5, 5.41) is 64.1. The van der Waals surface area contributed by atoms with Crippen molar-refractivity contribution in [2.45, 2.75) is 106 Å². The van der Waals surface area contributed by atoms with Gasteiger partial charge in [0.05, 0.1) is 179 Å². The van der Waals surface area contributed by atoms with Gasteiger partial charge in [-0.05, 0) is 29.1 Å². The second kappa shape index (κ2) is 45.0. The number of primary amides is 1. The Bertz CT molecular complexity index is 2980. The Balaban J connectivity index is 1.25. The number of aliphatic hydroxyl groups excluding tert-OH is 3. The summed E-state index contributed by atoms with van der Waals surface area (Å²) in [6.07, 6.45) is -4.64. The van der Waals surface area contributed by atoms with E-state index in [1.165, 1.54) is 30.8 Å². The monoisotopic (exact) mass is 1430 g/mol. The number of H-pyrrole nitrogens is 1. The Morgan fingerprint density at radius 1 is 0.714 bits per heavy atom. The number of aromatic amines is 1. The number of phenolic OH excluding ortho intramolecular Hbond substituents is 1. The van der Waals surface area contributed by atoms with Crippen molar-refractivity contribution >= 4 is 86.6 Å². The highest BCUT2D eigenvalue weighted by atomic mass is 32.2. The number of nitrogens with zero attached hydrogens (tertiary/aromatic N) is 4. The van der Waals surface area contributed by atoms with Gasteiger partial charge in [0.15, 0.2) is 0 Å². The van der Waals surface area contributed by atoms with Gasteiger partial charge >= 0.3 is 0 Å². The zero-order valence-electron chi connectivity index (χ0n) is 55.4. The van der Waals surface area contributed by atoms with E-state index in [0.717, 1.165) is 4.90 Å². The predicted molar refractivity (Wildman–Crippen MR) is 350 cm³/mol. The smallest absolute Gasteiger partial charge is 0.246 e. The third-order valence-electron chi connectivity index (χ3n) is 15.8. The minimum atomic E-state index is -2.48. The van der Waals surface area contributed by atoms with Crippen molar-refractivity contribution in [3.63, 3.8) is 0 Å². The quantitative estimate of drug-likeness (QED) is 0.0131. The van der Waals surface area contributed by atoms with Gasteiger partial charge in [-0.2, -0.15) is 11.8 Å². The maximum absolute atomic E-state index is 15.2. The lowest BCUT2D eigenvalue weighted by atomic mass is 9.93. The van der Waals surface area contributed by atoms with Crippen LogP contribution < -0.4 is 43.0 Å². The van der Waals surface area contributed by atoms with Crippen molar-refractivity contribution < 1.29 is 110 Å². The van der Waals surface area contributed by atoms with Gasteiger partial charge in [0.1, 0.15) is 47.0 Å². The van der Waals surface area contributed by atoms with Crippen LogP contribution in [0.25, 0.3) is 21.3 Å². The Kier molecular flexibility index (Phi) is 37.6. The minimum Gasteiger partial charge on any atom is -0.508 e. The number of thioether (sulfide) groups is 1. The van der Waals surface area contributed by atoms with Gasteiger partial charge < -0.3 is 116 Å². The first-order chi connectivity index (χ1) is 47.2. The number of nitrogens with two attached hydrogens (primary N) is 1. The third kappa shape index (κ3) is 27.7. The number of benzene rings is 1. The van der Waals surface area contributed by atoms with E-state index in [-0.39, 0.29) is 64.9 Å². The second-order valence-corrected chi connectivity index (χ2v) is 25.5. The molecule has 9 amide bonds. The molecule has 2 bridgehead atoms. The topological polar surface area (TPSA) is 513 Å². The number of nitrogens with one attached hydrogen (secondary N) is 8. The fraction of sp³-hybridized carbons (Fsp3) is 0.717. The number of aromatic nitrogens is 1. The van der Waals surface area contributed by atoms with Gasteiger partial charge in [-0.15, -0.1) is 0 Å². The number of ether oxygens (including phenoxy) is 9. The molecule has 98 heavy (non-hydrogen) atoms. The molecule has 0 aliphatic carbocycles. The molecule has 1 fully saturated rings. The zero-order valence-corrected chi connectivity index (χ0v) is 57.0. The first-order valence-corrected chi connectivity index (χ1v) is 34.8. The fourth-order valence-corrected chi connectivity index (χ4v) is 12.5. The van der Waals surface area contributed by atoms with Crippen LogP contribution >= 0.6 is 11.8 Å². The van der Waals surface area contributed by atoms with Crippen LogP contribution in [0.5, 0.6) is 5.75 Å². The lowest BCUT2D eigenvalue weighted by Gasteiger charge is -2.32. The molecule has 0 saturated carbocycles. The van der Waals surface area contributed by atoms with E-state index >= 15 is 4.21 Å². The molecular formula is C60H95N13O23S2. The predicted octanol–water partition coefficient (Wildman–Crippen LogP) is -4.23. The van der Waals surface area contributed by atoms with Crippen molar-refractivity contribution in [3.05, 3.63) is 33.7 Å². The van der Waals surface area contributed by atoms with Crippen molar-refractivity contribution in [1.29, 1.82) is 0 Å². The van der Waals surface area contributed by atoms with Crippen LogP contribution in [0.1, 0.15) is 51.2 Å². The molecule has 0 radical (unpaired) electrons. The molecule has 550 valence electrons. The van der Waals surface area contributed by atoms with Gasteiger partial charge in [0.2, 0.25) is 53.2 Å². The lowest BCUT2D eigenvalue weighted by molar-refractivity contribution is -0.144. The molecule has 1 aromatic heterocycles. The van der Waals surface area contributed by atoms with E-state index < -0.39 is 176 Å². The summed E-state index contributed by atoms with van der Waals surface area (Å²) in [4.78, 5) is 133. The highest BCUT2D eigenvalue weighted by Crippen LogP contribution is 2.36. The summed E-state index contributed by atoms with van der Waals surface area (Å²) in [5.41, 5.74) is 14.3. The molecule has 0 spiro atoms. The average Bonchev–Trinajstić information content (AvgIpc) is 1.61. The summed E-state index contributed by atoms with van der Waals surface area (Å²) in [7, 11) is -2.48. The van der Waals surface area contributed by atoms with Crippen molar-refractivity contribution in [1.82, 2.24) is 47.1 Å². The number of hydrogen-bond donors (Lipinski definition) is 13.